The number of hydrogen-bond donors (Lipinski definition) is 1. The van der Waals surface area contributed by atoms with Crippen LogP contribution in [-0.4, -0.2) is 34.6 Å². The highest BCUT2D eigenvalue weighted by molar-refractivity contribution is 6.35. The minimum Gasteiger partial charge on any atom is -0.369 e. The first-order chi connectivity index (χ1) is 8.66. The van der Waals surface area contributed by atoms with Crippen molar-refractivity contribution in [1.29, 1.82) is 0 Å². The van der Waals surface area contributed by atoms with E-state index in [2.05, 4.69) is 21.5 Å². The minimum atomic E-state index is 0.396. The van der Waals surface area contributed by atoms with Crippen LogP contribution in [-0.2, 0) is 0 Å². The van der Waals surface area contributed by atoms with Gasteiger partial charge in [-0.3, -0.25) is 0 Å². The van der Waals surface area contributed by atoms with Crippen LogP contribution in [0.25, 0.3) is 11.0 Å². The summed E-state index contributed by atoms with van der Waals surface area (Å²) >= 11 is 6.17. The van der Waals surface area contributed by atoms with Crippen molar-refractivity contribution in [3.05, 3.63) is 23.2 Å². The Balaban J connectivity index is 2.10. The minimum absolute atomic E-state index is 0.396. The molecule has 1 aromatic heterocycles. The molecule has 1 saturated heterocycles. The van der Waals surface area contributed by atoms with Crippen molar-refractivity contribution in [1.82, 2.24) is 14.5 Å². The van der Waals surface area contributed by atoms with Crippen molar-refractivity contribution in [3.8, 4) is 0 Å². The molecule has 4 nitrogen and oxygen atoms in total. The number of fused-ring (bicyclic) bond motifs is 1. The molecule has 0 bridgehead atoms. The first-order valence-corrected chi connectivity index (χ1v) is 6.65. The monoisotopic (exact) mass is 264 g/mol. The molecular formula is C13H17ClN4. The molecule has 5 heteroatoms. The standard InChI is InChI=1S/C13H17ClN4/c1-17-7-3-4-9(8-17)18-11-6-2-5-10(14)12(11)16-13(18)15/h2,5-6,9H,3-4,7-8H2,1H3,(H2,15,16). The average Bonchev–Trinajstić information content (AvgIpc) is 2.67. The van der Waals surface area contributed by atoms with Gasteiger partial charge in [-0.25, -0.2) is 4.98 Å². The molecule has 2 heterocycles. The lowest BCUT2D eigenvalue weighted by atomic mass is 10.1. The van der Waals surface area contributed by atoms with Crippen molar-refractivity contribution in [2.75, 3.05) is 25.9 Å². The van der Waals surface area contributed by atoms with Crippen molar-refractivity contribution in [3.63, 3.8) is 0 Å². The lowest BCUT2D eigenvalue weighted by Gasteiger charge is -2.31. The van der Waals surface area contributed by atoms with E-state index in [0.29, 0.717) is 17.0 Å². The molecule has 1 atom stereocenters. The number of halogens is 1. The summed E-state index contributed by atoms with van der Waals surface area (Å²) in [4.78, 5) is 6.74. The Kier molecular flexibility index (Phi) is 2.92. The second-order valence-electron chi connectivity index (χ2n) is 5.01. The molecule has 0 radical (unpaired) electrons. The number of hydrogen-bond acceptors (Lipinski definition) is 3. The summed E-state index contributed by atoms with van der Waals surface area (Å²) in [7, 11) is 2.15. The van der Waals surface area contributed by atoms with Gasteiger partial charge in [0, 0.05) is 12.6 Å². The van der Waals surface area contributed by atoms with Crippen LogP contribution >= 0.6 is 11.6 Å². The number of rotatable bonds is 1. The molecule has 2 N–H and O–H groups in total. The zero-order chi connectivity index (χ0) is 12.7. The van der Waals surface area contributed by atoms with Gasteiger partial charge in [0.25, 0.3) is 0 Å². The third-order valence-electron chi connectivity index (χ3n) is 3.66. The quantitative estimate of drug-likeness (QED) is 0.861. The van der Waals surface area contributed by atoms with E-state index in [4.69, 9.17) is 17.3 Å². The summed E-state index contributed by atoms with van der Waals surface area (Å²) in [6, 6.07) is 6.24. The van der Waals surface area contributed by atoms with Gasteiger partial charge in [-0.15, -0.1) is 0 Å². The number of para-hydroxylation sites is 1. The lowest BCUT2D eigenvalue weighted by molar-refractivity contribution is 0.216. The van der Waals surface area contributed by atoms with E-state index < -0.39 is 0 Å². The van der Waals surface area contributed by atoms with Crippen LogP contribution in [0.5, 0.6) is 0 Å². The zero-order valence-corrected chi connectivity index (χ0v) is 11.2. The molecule has 3 rings (SSSR count). The topological polar surface area (TPSA) is 47.1 Å². The maximum Gasteiger partial charge on any atom is 0.201 e. The fraction of sp³-hybridized carbons (Fsp3) is 0.462. The highest BCUT2D eigenvalue weighted by Crippen LogP contribution is 2.31. The van der Waals surface area contributed by atoms with Crippen LogP contribution < -0.4 is 5.73 Å². The Morgan fingerprint density at radius 1 is 1.44 bits per heavy atom. The van der Waals surface area contributed by atoms with E-state index in [-0.39, 0.29) is 0 Å². The normalized spacial score (nSPS) is 21.6. The van der Waals surface area contributed by atoms with Gasteiger partial charge < -0.3 is 15.2 Å². The van der Waals surface area contributed by atoms with Crippen molar-refractivity contribution >= 4 is 28.6 Å². The van der Waals surface area contributed by atoms with E-state index in [9.17, 15) is 0 Å². The number of anilines is 1. The summed E-state index contributed by atoms with van der Waals surface area (Å²) in [5.41, 5.74) is 7.93. The summed E-state index contributed by atoms with van der Waals surface area (Å²) < 4.78 is 2.14. The summed E-state index contributed by atoms with van der Waals surface area (Å²) in [6.07, 6.45) is 2.34. The maximum absolute atomic E-state index is 6.17. The second-order valence-corrected chi connectivity index (χ2v) is 5.41. The molecule has 1 fully saturated rings. The molecule has 0 amide bonds. The van der Waals surface area contributed by atoms with Crippen LogP contribution in [0, 0.1) is 0 Å². The van der Waals surface area contributed by atoms with Gasteiger partial charge in [-0.2, -0.15) is 0 Å². The molecular weight excluding hydrogens is 248 g/mol. The number of likely N-dealkylation sites (tertiary alicyclic amines) is 1. The predicted molar refractivity (Wildman–Crippen MR) is 74.9 cm³/mol. The van der Waals surface area contributed by atoms with E-state index in [1.165, 1.54) is 6.42 Å². The molecule has 0 aliphatic carbocycles. The SMILES string of the molecule is CN1CCCC(n2c(N)nc3c(Cl)cccc32)C1. The molecule has 96 valence electrons. The molecule has 0 saturated carbocycles. The molecule has 1 aromatic carbocycles. The second kappa shape index (κ2) is 4.44. The van der Waals surface area contributed by atoms with Crippen LogP contribution in [0.2, 0.25) is 5.02 Å². The first-order valence-electron chi connectivity index (χ1n) is 6.27. The Morgan fingerprint density at radius 2 is 2.28 bits per heavy atom. The number of imidazole rings is 1. The van der Waals surface area contributed by atoms with Gasteiger partial charge in [-0.05, 0) is 38.6 Å². The molecule has 1 unspecified atom stereocenters. The van der Waals surface area contributed by atoms with E-state index >= 15 is 0 Å². The van der Waals surface area contributed by atoms with E-state index in [1.54, 1.807) is 0 Å². The number of likely N-dealkylation sites (N-methyl/N-ethyl adjacent to an activating group) is 1. The van der Waals surface area contributed by atoms with Crippen molar-refractivity contribution in [2.24, 2.45) is 0 Å². The largest absolute Gasteiger partial charge is 0.369 e. The van der Waals surface area contributed by atoms with Crippen molar-refractivity contribution < 1.29 is 0 Å². The highest BCUT2D eigenvalue weighted by atomic mass is 35.5. The predicted octanol–water partition coefficient (Wildman–Crippen LogP) is 2.54. The number of nitrogens with two attached hydrogens (primary N) is 1. The summed E-state index contributed by atoms with van der Waals surface area (Å²) in [5, 5.41) is 0.669. The van der Waals surface area contributed by atoms with E-state index in [1.807, 2.05) is 18.2 Å². The number of aromatic nitrogens is 2. The van der Waals surface area contributed by atoms with Gasteiger partial charge in [0.05, 0.1) is 10.5 Å². The van der Waals surface area contributed by atoms with Gasteiger partial charge in [-0.1, -0.05) is 17.7 Å². The Morgan fingerprint density at radius 3 is 3.06 bits per heavy atom. The average molecular weight is 265 g/mol. The third kappa shape index (κ3) is 1.85. The third-order valence-corrected chi connectivity index (χ3v) is 3.97. The van der Waals surface area contributed by atoms with Crippen molar-refractivity contribution in [2.45, 2.75) is 18.9 Å². The van der Waals surface area contributed by atoms with E-state index in [0.717, 1.165) is 30.5 Å². The summed E-state index contributed by atoms with van der Waals surface area (Å²) in [6.45, 7) is 2.17. The Bertz CT molecular complexity index is 578. The fourth-order valence-electron chi connectivity index (χ4n) is 2.83. The molecule has 0 spiro atoms. The van der Waals surface area contributed by atoms with Gasteiger partial charge in [0.15, 0.2) is 0 Å². The van der Waals surface area contributed by atoms with Crippen LogP contribution in [0.3, 0.4) is 0 Å². The summed E-state index contributed by atoms with van der Waals surface area (Å²) in [5.74, 6) is 0.568. The number of nitrogen functional groups attached to an aromatic ring is 1. The first kappa shape index (κ1) is 11.8. The number of nitrogens with zero attached hydrogens (tertiary/aromatic N) is 3. The number of benzene rings is 1. The van der Waals surface area contributed by atoms with Gasteiger partial charge in [0.2, 0.25) is 5.95 Å². The van der Waals surface area contributed by atoms with Crippen LogP contribution in [0.1, 0.15) is 18.9 Å². The lowest BCUT2D eigenvalue weighted by Crippen LogP contribution is -2.33. The molecule has 2 aromatic rings. The Hall–Kier alpha value is -1.26. The highest BCUT2D eigenvalue weighted by Gasteiger charge is 2.23. The smallest absolute Gasteiger partial charge is 0.201 e. The van der Waals surface area contributed by atoms with Crippen LogP contribution in [0.4, 0.5) is 5.95 Å². The molecule has 1 aliphatic heterocycles. The van der Waals surface area contributed by atoms with Gasteiger partial charge in [0.1, 0.15) is 5.52 Å². The van der Waals surface area contributed by atoms with Crippen LogP contribution in [0.15, 0.2) is 18.2 Å². The number of piperidine rings is 1. The fourth-order valence-corrected chi connectivity index (χ4v) is 3.05. The maximum atomic E-state index is 6.17. The Labute approximate surface area is 111 Å². The molecule has 18 heavy (non-hydrogen) atoms. The molecule has 1 aliphatic rings. The van der Waals surface area contributed by atoms with Gasteiger partial charge >= 0.3 is 0 Å². The zero-order valence-electron chi connectivity index (χ0n) is 10.4.